The molecule has 0 N–H and O–H groups in total. The third-order valence-electron chi connectivity index (χ3n) is 2.71. The number of rotatable bonds is 2. The largest absolute Gasteiger partial charge is 0.419 e. The highest BCUT2D eigenvalue weighted by Gasteiger charge is 2.34. The van der Waals surface area contributed by atoms with E-state index >= 15 is 0 Å². The maximum Gasteiger partial charge on any atom is 0.419 e. The van der Waals surface area contributed by atoms with E-state index in [1.807, 2.05) is 0 Å². The molecule has 0 aliphatic heterocycles. The first-order chi connectivity index (χ1) is 9.70. The standard InChI is InChI=1S/C14H6ClF5O/c15-8-2-4-11(16)9(6-8)13(21)7-1-3-12(17)10(5-7)14(18,19)20/h1-6H. The average molecular weight is 321 g/mol. The summed E-state index contributed by atoms with van der Waals surface area (Å²) in [6, 6.07) is 4.82. The summed E-state index contributed by atoms with van der Waals surface area (Å²) in [6.07, 6.45) is -4.95. The molecule has 0 fully saturated rings. The van der Waals surface area contributed by atoms with E-state index in [1.54, 1.807) is 0 Å². The summed E-state index contributed by atoms with van der Waals surface area (Å²) >= 11 is 5.62. The molecular formula is C14H6ClF5O. The van der Waals surface area contributed by atoms with E-state index in [0.29, 0.717) is 12.1 Å². The molecule has 21 heavy (non-hydrogen) atoms. The van der Waals surface area contributed by atoms with Crippen molar-refractivity contribution in [1.29, 1.82) is 0 Å². The molecule has 0 heterocycles. The topological polar surface area (TPSA) is 17.1 Å². The molecule has 0 aliphatic rings. The van der Waals surface area contributed by atoms with Crippen molar-refractivity contribution < 1.29 is 26.7 Å². The van der Waals surface area contributed by atoms with Crippen molar-refractivity contribution >= 4 is 17.4 Å². The maximum absolute atomic E-state index is 13.5. The van der Waals surface area contributed by atoms with Crippen LogP contribution in [-0.2, 0) is 6.18 Å². The van der Waals surface area contributed by atoms with Crippen LogP contribution in [0, 0.1) is 11.6 Å². The Morgan fingerprint density at radius 1 is 0.952 bits per heavy atom. The molecule has 0 aliphatic carbocycles. The summed E-state index contributed by atoms with van der Waals surface area (Å²) in [5, 5.41) is 0.0536. The van der Waals surface area contributed by atoms with E-state index in [0.717, 1.165) is 18.2 Å². The minimum atomic E-state index is -4.95. The third kappa shape index (κ3) is 3.21. The fraction of sp³-hybridized carbons (Fsp3) is 0.0714. The molecule has 0 bridgehead atoms. The number of hydrogen-bond acceptors (Lipinski definition) is 1. The normalized spacial score (nSPS) is 11.5. The number of benzene rings is 2. The molecule has 0 aromatic heterocycles. The zero-order chi connectivity index (χ0) is 15.8. The molecule has 2 aromatic rings. The lowest BCUT2D eigenvalue weighted by Gasteiger charge is -2.10. The highest BCUT2D eigenvalue weighted by molar-refractivity contribution is 6.31. The monoisotopic (exact) mass is 320 g/mol. The van der Waals surface area contributed by atoms with E-state index in [4.69, 9.17) is 11.6 Å². The van der Waals surface area contributed by atoms with E-state index in [-0.39, 0.29) is 5.02 Å². The molecule has 1 nitrogen and oxygen atoms in total. The van der Waals surface area contributed by atoms with Gasteiger partial charge in [0.25, 0.3) is 0 Å². The Hall–Kier alpha value is -1.95. The van der Waals surface area contributed by atoms with Crippen LogP contribution in [0.5, 0.6) is 0 Å². The molecule has 0 spiro atoms. The van der Waals surface area contributed by atoms with E-state index in [9.17, 15) is 26.7 Å². The van der Waals surface area contributed by atoms with Crippen LogP contribution in [0.2, 0.25) is 5.02 Å². The van der Waals surface area contributed by atoms with Crippen LogP contribution in [-0.4, -0.2) is 5.78 Å². The van der Waals surface area contributed by atoms with E-state index in [2.05, 4.69) is 0 Å². The summed E-state index contributed by atoms with van der Waals surface area (Å²) in [6.45, 7) is 0. The van der Waals surface area contributed by atoms with Gasteiger partial charge in [0.2, 0.25) is 0 Å². The lowest BCUT2D eigenvalue weighted by molar-refractivity contribution is -0.140. The molecule has 0 radical (unpaired) electrons. The Morgan fingerprint density at radius 2 is 1.57 bits per heavy atom. The van der Waals surface area contributed by atoms with Crippen molar-refractivity contribution in [2.24, 2.45) is 0 Å². The number of halogens is 6. The second kappa shape index (κ2) is 5.44. The van der Waals surface area contributed by atoms with Crippen molar-refractivity contribution in [1.82, 2.24) is 0 Å². The molecule has 7 heteroatoms. The predicted octanol–water partition coefficient (Wildman–Crippen LogP) is 4.87. The fourth-order valence-electron chi connectivity index (χ4n) is 1.71. The van der Waals surface area contributed by atoms with Gasteiger partial charge in [-0.1, -0.05) is 11.6 Å². The molecule has 110 valence electrons. The van der Waals surface area contributed by atoms with Crippen LogP contribution in [0.1, 0.15) is 21.5 Å². The second-order valence-electron chi connectivity index (χ2n) is 4.15. The van der Waals surface area contributed by atoms with Gasteiger partial charge in [-0.15, -0.1) is 0 Å². The van der Waals surface area contributed by atoms with Crippen LogP contribution in [0.3, 0.4) is 0 Å². The zero-order valence-corrected chi connectivity index (χ0v) is 10.9. The van der Waals surface area contributed by atoms with Crippen LogP contribution < -0.4 is 0 Å². The number of ketones is 1. The van der Waals surface area contributed by atoms with Gasteiger partial charge in [0.15, 0.2) is 5.78 Å². The fourth-order valence-corrected chi connectivity index (χ4v) is 1.88. The van der Waals surface area contributed by atoms with E-state index < -0.39 is 40.3 Å². The third-order valence-corrected chi connectivity index (χ3v) is 2.94. The van der Waals surface area contributed by atoms with Crippen molar-refractivity contribution in [3.63, 3.8) is 0 Å². The minimum absolute atomic E-state index is 0.0536. The first-order valence-electron chi connectivity index (χ1n) is 5.56. The van der Waals surface area contributed by atoms with Gasteiger partial charge >= 0.3 is 6.18 Å². The zero-order valence-electron chi connectivity index (χ0n) is 10.1. The van der Waals surface area contributed by atoms with Gasteiger partial charge in [0, 0.05) is 10.6 Å². The predicted molar refractivity (Wildman–Crippen MR) is 66.2 cm³/mol. The minimum Gasteiger partial charge on any atom is -0.288 e. The number of alkyl halides is 3. The first kappa shape index (κ1) is 15.4. The van der Waals surface area contributed by atoms with E-state index in [1.165, 1.54) is 6.07 Å². The summed E-state index contributed by atoms with van der Waals surface area (Å²) in [7, 11) is 0. The van der Waals surface area contributed by atoms with Gasteiger partial charge < -0.3 is 0 Å². The van der Waals surface area contributed by atoms with Crippen LogP contribution >= 0.6 is 11.6 Å². The summed E-state index contributed by atoms with van der Waals surface area (Å²) in [4.78, 5) is 12.0. The number of carbonyl (C=O) groups excluding carboxylic acids is 1. The molecule has 0 atom stereocenters. The van der Waals surface area contributed by atoms with Crippen molar-refractivity contribution in [2.45, 2.75) is 6.18 Å². The molecule has 0 saturated heterocycles. The Balaban J connectivity index is 2.52. The number of hydrogen-bond donors (Lipinski definition) is 0. The lowest BCUT2D eigenvalue weighted by atomic mass is 10.0. The van der Waals surface area contributed by atoms with Gasteiger partial charge in [-0.05, 0) is 36.4 Å². The quantitative estimate of drug-likeness (QED) is 0.570. The van der Waals surface area contributed by atoms with Gasteiger partial charge in [-0.25, -0.2) is 8.78 Å². The van der Waals surface area contributed by atoms with Gasteiger partial charge in [-0.3, -0.25) is 4.79 Å². The Morgan fingerprint density at radius 3 is 2.19 bits per heavy atom. The molecule has 0 unspecified atom stereocenters. The lowest BCUT2D eigenvalue weighted by Crippen LogP contribution is -2.11. The second-order valence-corrected chi connectivity index (χ2v) is 4.58. The van der Waals surface area contributed by atoms with Crippen molar-refractivity contribution in [3.05, 3.63) is 69.7 Å². The first-order valence-corrected chi connectivity index (χ1v) is 5.94. The van der Waals surface area contributed by atoms with Gasteiger partial charge in [0.1, 0.15) is 11.6 Å². The molecule has 2 rings (SSSR count). The molecule has 2 aromatic carbocycles. The SMILES string of the molecule is O=C(c1ccc(F)c(C(F)(F)F)c1)c1cc(Cl)ccc1F. The highest BCUT2D eigenvalue weighted by Crippen LogP contribution is 2.32. The Kier molecular flexibility index (Phi) is 4.00. The summed E-state index contributed by atoms with van der Waals surface area (Å²) in [5.41, 5.74) is -2.55. The van der Waals surface area contributed by atoms with Crippen LogP contribution in [0.25, 0.3) is 0 Å². The highest BCUT2D eigenvalue weighted by atomic mass is 35.5. The van der Waals surface area contributed by atoms with Crippen LogP contribution in [0.4, 0.5) is 22.0 Å². The summed E-state index contributed by atoms with van der Waals surface area (Å²) in [5.74, 6) is -3.45. The number of carbonyl (C=O) groups is 1. The molecule has 0 amide bonds. The van der Waals surface area contributed by atoms with Crippen LogP contribution in [0.15, 0.2) is 36.4 Å². The maximum atomic E-state index is 13.5. The van der Waals surface area contributed by atoms with Crippen molar-refractivity contribution in [3.8, 4) is 0 Å². The smallest absolute Gasteiger partial charge is 0.288 e. The summed E-state index contributed by atoms with van der Waals surface area (Å²) < 4.78 is 64.5. The molecule has 0 saturated carbocycles. The average Bonchev–Trinajstić information content (AvgIpc) is 2.40. The Bertz CT molecular complexity index is 709. The Labute approximate surface area is 121 Å². The van der Waals surface area contributed by atoms with Gasteiger partial charge in [0.05, 0.1) is 11.1 Å². The molecular weight excluding hydrogens is 315 g/mol. The van der Waals surface area contributed by atoms with Crippen molar-refractivity contribution in [2.75, 3.05) is 0 Å². The van der Waals surface area contributed by atoms with Gasteiger partial charge in [-0.2, -0.15) is 13.2 Å².